The number of rotatable bonds is 2. The van der Waals surface area contributed by atoms with Gasteiger partial charge in [-0.15, -0.1) is 0 Å². The summed E-state index contributed by atoms with van der Waals surface area (Å²) >= 11 is 0. The number of hydrogen-bond acceptors (Lipinski definition) is 3. The van der Waals surface area contributed by atoms with Gasteiger partial charge in [0.25, 0.3) is 0 Å². The zero-order valence-corrected chi connectivity index (χ0v) is 9.80. The number of anilines is 1. The van der Waals surface area contributed by atoms with E-state index in [0.29, 0.717) is 13.2 Å². The van der Waals surface area contributed by atoms with Crippen LogP contribution in [0, 0.1) is 11.6 Å². The molecular formula is C12H15F2NO2. The fourth-order valence-corrected chi connectivity index (χ4v) is 1.60. The van der Waals surface area contributed by atoms with Gasteiger partial charge in [0.05, 0.1) is 24.9 Å². The van der Waals surface area contributed by atoms with Crippen molar-refractivity contribution in [2.45, 2.75) is 25.7 Å². The lowest BCUT2D eigenvalue weighted by Gasteiger charge is -2.35. The Morgan fingerprint density at radius 1 is 1.24 bits per heavy atom. The van der Waals surface area contributed by atoms with Crippen molar-refractivity contribution in [1.29, 1.82) is 0 Å². The summed E-state index contributed by atoms with van der Waals surface area (Å²) in [5, 5.41) is 2.92. The molecule has 94 valence electrons. The maximum atomic E-state index is 13.4. The molecule has 0 atom stereocenters. The van der Waals surface area contributed by atoms with E-state index in [0.717, 1.165) is 6.07 Å². The molecule has 0 aliphatic carbocycles. The van der Waals surface area contributed by atoms with E-state index in [1.165, 1.54) is 12.1 Å². The van der Waals surface area contributed by atoms with Gasteiger partial charge in [-0.2, -0.15) is 0 Å². The van der Waals surface area contributed by atoms with E-state index in [-0.39, 0.29) is 11.7 Å². The van der Waals surface area contributed by atoms with Gasteiger partial charge in [0.1, 0.15) is 11.6 Å². The third-order valence-corrected chi connectivity index (χ3v) is 2.55. The lowest BCUT2D eigenvalue weighted by atomic mass is 10.2. The second kappa shape index (κ2) is 4.58. The van der Waals surface area contributed by atoms with Crippen LogP contribution < -0.4 is 5.32 Å². The Morgan fingerprint density at radius 3 is 2.47 bits per heavy atom. The summed E-state index contributed by atoms with van der Waals surface area (Å²) in [6.07, 6.45) is 0. The van der Waals surface area contributed by atoms with Crippen LogP contribution in [0.3, 0.4) is 0 Å². The monoisotopic (exact) mass is 243 g/mol. The summed E-state index contributed by atoms with van der Waals surface area (Å²) < 4.78 is 36.9. The molecule has 1 N–H and O–H groups in total. The van der Waals surface area contributed by atoms with Crippen LogP contribution in [0.5, 0.6) is 0 Å². The quantitative estimate of drug-likeness (QED) is 0.865. The standard InChI is InChI=1S/C12H15F2NO2/c1-12(2)16-6-9(7-17-12)15-11-4-3-8(13)5-10(11)14/h3-5,9,15H,6-7H2,1-2H3. The maximum absolute atomic E-state index is 13.4. The van der Waals surface area contributed by atoms with E-state index < -0.39 is 17.4 Å². The Balaban J connectivity index is 1.98. The van der Waals surface area contributed by atoms with E-state index in [1.807, 2.05) is 13.8 Å². The molecule has 2 rings (SSSR count). The molecule has 0 amide bonds. The first-order valence-corrected chi connectivity index (χ1v) is 5.46. The molecule has 1 saturated heterocycles. The first-order chi connectivity index (χ1) is 7.96. The number of ether oxygens (including phenoxy) is 2. The molecule has 0 unspecified atom stereocenters. The van der Waals surface area contributed by atoms with Gasteiger partial charge in [0.15, 0.2) is 5.79 Å². The molecule has 0 bridgehead atoms. The summed E-state index contributed by atoms with van der Waals surface area (Å²) in [5.74, 6) is -1.81. The molecule has 1 aromatic carbocycles. The lowest BCUT2D eigenvalue weighted by molar-refractivity contribution is -0.247. The second-order valence-corrected chi connectivity index (χ2v) is 4.49. The van der Waals surface area contributed by atoms with Crippen LogP contribution in [-0.2, 0) is 9.47 Å². The number of nitrogens with one attached hydrogen (secondary N) is 1. The molecule has 1 aromatic rings. The third kappa shape index (κ3) is 3.14. The Kier molecular flexibility index (Phi) is 3.31. The zero-order chi connectivity index (χ0) is 12.5. The van der Waals surface area contributed by atoms with Crippen LogP contribution in [0.1, 0.15) is 13.8 Å². The normalized spacial score (nSPS) is 20.2. The molecule has 0 saturated carbocycles. The molecule has 1 aliphatic rings. The molecule has 3 nitrogen and oxygen atoms in total. The van der Waals surface area contributed by atoms with E-state index >= 15 is 0 Å². The fourth-order valence-electron chi connectivity index (χ4n) is 1.60. The van der Waals surface area contributed by atoms with Crippen molar-refractivity contribution >= 4 is 5.69 Å². The predicted octanol–water partition coefficient (Wildman–Crippen LogP) is 2.53. The van der Waals surface area contributed by atoms with Crippen molar-refractivity contribution in [3.05, 3.63) is 29.8 Å². The molecule has 5 heteroatoms. The highest BCUT2D eigenvalue weighted by Crippen LogP contribution is 2.21. The molecule has 0 aromatic heterocycles. The van der Waals surface area contributed by atoms with Crippen LogP contribution in [0.4, 0.5) is 14.5 Å². The predicted molar refractivity (Wildman–Crippen MR) is 59.8 cm³/mol. The Hall–Kier alpha value is -1.20. The number of hydrogen-bond donors (Lipinski definition) is 1. The Bertz CT molecular complexity index is 399. The SMILES string of the molecule is CC1(C)OCC(Nc2ccc(F)cc2F)CO1. The average molecular weight is 243 g/mol. The van der Waals surface area contributed by atoms with E-state index in [1.54, 1.807) is 0 Å². The maximum Gasteiger partial charge on any atom is 0.162 e. The molecule has 0 spiro atoms. The summed E-state index contributed by atoms with van der Waals surface area (Å²) in [7, 11) is 0. The Morgan fingerprint density at radius 2 is 1.88 bits per heavy atom. The fraction of sp³-hybridized carbons (Fsp3) is 0.500. The zero-order valence-electron chi connectivity index (χ0n) is 9.80. The average Bonchev–Trinajstić information content (AvgIpc) is 2.25. The lowest BCUT2D eigenvalue weighted by Crippen LogP contribution is -2.45. The summed E-state index contributed by atoms with van der Waals surface area (Å²) in [6.45, 7) is 4.48. The minimum Gasteiger partial charge on any atom is -0.375 e. The van der Waals surface area contributed by atoms with Crippen LogP contribution in [0.25, 0.3) is 0 Å². The van der Waals surface area contributed by atoms with Crippen LogP contribution >= 0.6 is 0 Å². The van der Waals surface area contributed by atoms with Crippen molar-refractivity contribution in [1.82, 2.24) is 0 Å². The van der Waals surface area contributed by atoms with Gasteiger partial charge >= 0.3 is 0 Å². The van der Waals surface area contributed by atoms with Gasteiger partial charge < -0.3 is 14.8 Å². The minimum atomic E-state index is -0.616. The van der Waals surface area contributed by atoms with Crippen molar-refractivity contribution < 1.29 is 18.3 Å². The van der Waals surface area contributed by atoms with Crippen LogP contribution in [-0.4, -0.2) is 25.0 Å². The second-order valence-electron chi connectivity index (χ2n) is 4.49. The van der Waals surface area contributed by atoms with Crippen molar-refractivity contribution in [2.75, 3.05) is 18.5 Å². The van der Waals surface area contributed by atoms with Gasteiger partial charge in [-0.1, -0.05) is 0 Å². The summed E-state index contributed by atoms with van der Waals surface area (Å²) in [4.78, 5) is 0. The summed E-state index contributed by atoms with van der Waals surface area (Å²) in [6, 6.07) is 3.28. The van der Waals surface area contributed by atoms with Crippen molar-refractivity contribution in [2.24, 2.45) is 0 Å². The van der Waals surface area contributed by atoms with Crippen molar-refractivity contribution in [3.63, 3.8) is 0 Å². The van der Waals surface area contributed by atoms with Gasteiger partial charge in [0.2, 0.25) is 0 Å². The molecule has 1 heterocycles. The highest BCUT2D eigenvalue weighted by molar-refractivity contribution is 5.45. The van der Waals surface area contributed by atoms with Crippen LogP contribution in [0.15, 0.2) is 18.2 Å². The minimum absolute atomic E-state index is 0.136. The molecule has 0 radical (unpaired) electrons. The molecule has 17 heavy (non-hydrogen) atoms. The smallest absolute Gasteiger partial charge is 0.162 e. The van der Waals surface area contributed by atoms with Crippen molar-refractivity contribution in [3.8, 4) is 0 Å². The largest absolute Gasteiger partial charge is 0.375 e. The Labute approximate surface area is 98.7 Å². The van der Waals surface area contributed by atoms with E-state index in [2.05, 4.69) is 5.32 Å². The van der Waals surface area contributed by atoms with Gasteiger partial charge in [-0.25, -0.2) is 8.78 Å². The van der Waals surface area contributed by atoms with Gasteiger partial charge in [-0.3, -0.25) is 0 Å². The number of benzene rings is 1. The molecule has 1 fully saturated rings. The highest BCUT2D eigenvalue weighted by Gasteiger charge is 2.28. The topological polar surface area (TPSA) is 30.5 Å². The van der Waals surface area contributed by atoms with E-state index in [4.69, 9.17) is 9.47 Å². The first-order valence-electron chi connectivity index (χ1n) is 5.46. The summed E-state index contributed by atoms with van der Waals surface area (Å²) in [5.41, 5.74) is 0.253. The van der Waals surface area contributed by atoms with Gasteiger partial charge in [-0.05, 0) is 26.0 Å². The van der Waals surface area contributed by atoms with E-state index in [9.17, 15) is 8.78 Å². The molecule has 1 aliphatic heterocycles. The first kappa shape index (κ1) is 12.3. The highest BCUT2D eigenvalue weighted by atomic mass is 19.1. The van der Waals surface area contributed by atoms with Gasteiger partial charge in [0, 0.05) is 6.07 Å². The molecular weight excluding hydrogens is 228 g/mol. The van der Waals surface area contributed by atoms with Crippen LogP contribution in [0.2, 0.25) is 0 Å². The third-order valence-electron chi connectivity index (χ3n) is 2.55. The number of halogens is 2.